The predicted octanol–water partition coefficient (Wildman–Crippen LogP) is 3.68. The Morgan fingerprint density at radius 3 is 2.79 bits per heavy atom. The Labute approximate surface area is 114 Å². The fraction of sp³-hybridized carbons (Fsp3) is 0.0714. The van der Waals surface area contributed by atoms with Gasteiger partial charge >= 0.3 is 0 Å². The summed E-state index contributed by atoms with van der Waals surface area (Å²) >= 11 is 6.05. The molecule has 2 N–H and O–H groups in total. The molecule has 0 amide bonds. The van der Waals surface area contributed by atoms with E-state index in [1.54, 1.807) is 10.5 Å². The Morgan fingerprint density at radius 1 is 1.26 bits per heavy atom. The normalized spacial score (nSPS) is 11.1. The molecule has 5 heteroatoms. The summed E-state index contributed by atoms with van der Waals surface area (Å²) in [5, 5.41) is 0.298. The molecule has 0 saturated heterocycles. The molecule has 0 bridgehead atoms. The number of hydrogen-bond acceptors (Lipinski definition) is 2. The van der Waals surface area contributed by atoms with Crippen molar-refractivity contribution in [3.8, 4) is 11.3 Å². The number of imidazole rings is 1. The van der Waals surface area contributed by atoms with Crippen molar-refractivity contribution in [2.45, 2.75) is 6.92 Å². The third-order valence-corrected chi connectivity index (χ3v) is 3.30. The maximum Gasteiger partial charge on any atom is 0.139 e. The topological polar surface area (TPSA) is 43.3 Å². The highest BCUT2D eigenvalue weighted by molar-refractivity contribution is 6.33. The second-order valence-electron chi connectivity index (χ2n) is 4.40. The third-order valence-electron chi connectivity index (χ3n) is 2.99. The molecule has 0 aliphatic carbocycles. The van der Waals surface area contributed by atoms with Gasteiger partial charge in [-0.2, -0.15) is 0 Å². The summed E-state index contributed by atoms with van der Waals surface area (Å²) in [5.74, 6) is 0.110. The fourth-order valence-corrected chi connectivity index (χ4v) is 2.31. The van der Waals surface area contributed by atoms with Crippen LogP contribution in [0.1, 0.15) is 5.56 Å². The van der Waals surface area contributed by atoms with E-state index in [1.807, 2.05) is 25.3 Å². The minimum atomic E-state index is -0.382. The minimum Gasteiger partial charge on any atom is -0.383 e. The zero-order valence-electron chi connectivity index (χ0n) is 10.2. The lowest BCUT2D eigenvalue weighted by Crippen LogP contribution is -1.95. The summed E-state index contributed by atoms with van der Waals surface area (Å²) in [5.41, 5.74) is 9.10. The largest absolute Gasteiger partial charge is 0.383 e. The second kappa shape index (κ2) is 4.24. The highest BCUT2D eigenvalue weighted by Crippen LogP contribution is 2.32. The van der Waals surface area contributed by atoms with E-state index in [9.17, 15) is 4.39 Å². The first-order valence-corrected chi connectivity index (χ1v) is 6.13. The molecule has 0 spiro atoms. The van der Waals surface area contributed by atoms with Crippen LogP contribution in [-0.2, 0) is 0 Å². The smallest absolute Gasteiger partial charge is 0.139 e. The van der Waals surface area contributed by atoms with Crippen LogP contribution >= 0.6 is 11.6 Å². The lowest BCUT2D eigenvalue weighted by Gasteiger charge is -2.02. The van der Waals surface area contributed by atoms with E-state index < -0.39 is 0 Å². The van der Waals surface area contributed by atoms with Crippen molar-refractivity contribution in [3.63, 3.8) is 0 Å². The zero-order chi connectivity index (χ0) is 13.6. The summed E-state index contributed by atoms with van der Waals surface area (Å²) in [4.78, 5) is 4.45. The Morgan fingerprint density at radius 2 is 2.05 bits per heavy atom. The Kier molecular flexibility index (Phi) is 2.68. The molecule has 1 aromatic carbocycles. The first-order valence-electron chi connectivity index (χ1n) is 5.76. The number of nitrogens with zero attached hydrogens (tertiary/aromatic N) is 2. The van der Waals surface area contributed by atoms with E-state index >= 15 is 0 Å². The molecule has 0 atom stereocenters. The van der Waals surface area contributed by atoms with Gasteiger partial charge in [0.25, 0.3) is 0 Å². The van der Waals surface area contributed by atoms with Crippen LogP contribution in [0.5, 0.6) is 0 Å². The minimum absolute atomic E-state index is 0.298. The summed E-state index contributed by atoms with van der Waals surface area (Å²) in [6.07, 6.45) is 1.90. The first kappa shape index (κ1) is 12.0. The van der Waals surface area contributed by atoms with Crippen molar-refractivity contribution in [2.75, 3.05) is 5.73 Å². The molecule has 3 nitrogen and oxygen atoms in total. The lowest BCUT2D eigenvalue weighted by molar-refractivity contribution is 0.628. The zero-order valence-corrected chi connectivity index (χ0v) is 10.9. The second-order valence-corrected chi connectivity index (χ2v) is 4.81. The number of fused-ring (bicyclic) bond motifs is 1. The van der Waals surface area contributed by atoms with Gasteiger partial charge in [-0.05, 0) is 36.8 Å². The number of anilines is 1. The van der Waals surface area contributed by atoms with Crippen LogP contribution in [0.4, 0.5) is 10.2 Å². The predicted molar refractivity (Wildman–Crippen MR) is 74.7 cm³/mol. The number of aryl methyl sites for hydroxylation is 1. The van der Waals surface area contributed by atoms with Gasteiger partial charge in [-0.15, -0.1) is 0 Å². The fourth-order valence-electron chi connectivity index (χ4n) is 2.05. The van der Waals surface area contributed by atoms with Crippen LogP contribution in [0.3, 0.4) is 0 Å². The van der Waals surface area contributed by atoms with Gasteiger partial charge in [0.15, 0.2) is 0 Å². The summed E-state index contributed by atoms with van der Waals surface area (Å²) in [6, 6.07) is 8.02. The van der Waals surface area contributed by atoms with Gasteiger partial charge in [-0.25, -0.2) is 9.37 Å². The maximum absolute atomic E-state index is 13.1. The van der Waals surface area contributed by atoms with Gasteiger partial charge in [0.2, 0.25) is 0 Å². The molecule has 0 radical (unpaired) electrons. The number of benzene rings is 1. The highest BCUT2D eigenvalue weighted by atomic mass is 35.5. The van der Waals surface area contributed by atoms with E-state index in [2.05, 4.69) is 4.98 Å². The van der Waals surface area contributed by atoms with E-state index in [0.717, 1.165) is 11.2 Å². The van der Waals surface area contributed by atoms with Crippen molar-refractivity contribution in [2.24, 2.45) is 0 Å². The van der Waals surface area contributed by atoms with Crippen LogP contribution in [-0.4, -0.2) is 9.38 Å². The molecule has 0 unspecified atom stereocenters. The number of pyridine rings is 1. The summed E-state index contributed by atoms with van der Waals surface area (Å²) < 4.78 is 14.9. The van der Waals surface area contributed by atoms with Gasteiger partial charge in [0, 0.05) is 11.8 Å². The maximum atomic E-state index is 13.1. The van der Waals surface area contributed by atoms with Crippen LogP contribution in [0.2, 0.25) is 5.02 Å². The van der Waals surface area contributed by atoms with Gasteiger partial charge in [-0.1, -0.05) is 17.7 Å². The van der Waals surface area contributed by atoms with E-state index in [0.29, 0.717) is 22.1 Å². The first-order chi connectivity index (χ1) is 9.06. The number of halogens is 2. The summed E-state index contributed by atoms with van der Waals surface area (Å²) in [6.45, 7) is 1.98. The molecular weight excluding hydrogens is 265 g/mol. The Hall–Kier alpha value is -2.07. The van der Waals surface area contributed by atoms with Crippen LogP contribution < -0.4 is 5.73 Å². The number of nitrogens with two attached hydrogens (primary N) is 1. The van der Waals surface area contributed by atoms with Gasteiger partial charge in [0.1, 0.15) is 23.0 Å². The Balaban J connectivity index is 2.28. The SMILES string of the molecule is Cc1ccc2nc(-c3ccc(F)cc3Cl)c(N)n2c1. The van der Waals surface area contributed by atoms with Gasteiger partial charge in [0.05, 0.1) is 5.02 Å². The van der Waals surface area contributed by atoms with Crippen molar-refractivity contribution in [1.29, 1.82) is 0 Å². The van der Waals surface area contributed by atoms with E-state index in [4.69, 9.17) is 17.3 Å². The van der Waals surface area contributed by atoms with Crippen molar-refractivity contribution in [3.05, 3.63) is 52.9 Å². The highest BCUT2D eigenvalue weighted by Gasteiger charge is 2.14. The van der Waals surface area contributed by atoms with E-state index in [1.165, 1.54) is 12.1 Å². The molecule has 2 heterocycles. The number of rotatable bonds is 1. The van der Waals surface area contributed by atoms with Crippen molar-refractivity contribution >= 4 is 23.1 Å². The third kappa shape index (κ3) is 1.94. The molecule has 0 aliphatic rings. The quantitative estimate of drug-likeness (QED) is 0.736. The number of hydrogen-bond donors (Lipinski definition) is 1. The molecule has 0 saturated carbocycles. The van der Waals surface area contributed by atoms with Crippen molar-refractivity contribution in [1.82, 2.24) is 9.38 Å². The van der Waals surface area contributed by atoms with Crippen LogP contribution in [0, 0.1) is 12.7 Å². The van der Waals surface area contributed by atoms with Crippen LogP contribution in [0.25, 0.3) is 16.9 Å². The standard InChI is InChI=1S/C14H11ClFN3/c1-8-2-5-12-18-13(14(17)19(12)7-8)10-4-3-9(16)6-11(10)15/h2-7H,17H2,1H3. The molecule has 19 heavy (non-hydrogen) atoms. The van der Waals surface area contributed by atoms with Crippen molar-refractivity contribution < 1.29 is 4.39 Å². The molecule has 0 fully saturated rings. The average Bonchev–Trinajstić information content (AvgIpc) is 2.67. The lowest BCUT2D eigenvalue weighted by atomic mass is 10.1. The molecule has 3 rings (SSSR count). The van der Waals surface area contributed by atoms with Gasteiger partial charge < -0.3 is 5.73 Å². The Bertz CT molecular complexity index is 780. The summed E-state index contributed by atoms with van der Waals surface area (Å²) in [7, 11) is 0. The van der Waals surface area contributed by atoms with Gasteiger partial charge in [-0.3, -0.25) is 4.40 Å². The molecule has 3 aromatic rings. The molecule has 0 aliphatic heterocycles. The van der Waals surface area contributed by atoms with Crippen LogP contribution in [0.15, 0.2) is 36.5 Å². The molecule has 96 valence electrons. The number of aromatic nitrogens is 2. The number of nitrogen functional groups attached to an aromatic ring is 1. The molecule has 2 aromatic heterocycles. The average molecular weight is 276 g/mol. The monoisotopic (exact) mass is 275 g/mol. The van der Waals surface area contributed by atoms with E-state index in [-0.39, 0.29) is 5.82 Å². The molecular formula is C14H11ClFN3.